The molecule has 2 aromatic carbocycles. The van der Waals surface area contributed by atoms with Crippen LogP contribution in [0.1, 0.15) is 23.6 Å². The van der Waals surface area contributed by atoms with Gasteiger partial charge in [-0.3, -0.25) is 0 Å². The van der Waals surface area contributed by atoms with E-state index in [-0.39, 0.29) is 5.70 Å². The van der Waals surface area contributed by atoms with Gasteiger partial charge in [-0.2, -0.15) is 0 Å². The molecule has 0 bridgehead atoms. The van der Waals surface area contributed by atoms with E-state index in [2.05, 4.69) is 11.6 Å². The van der Waals surface area contributed by atoms with Crippen molar-refractivity contribution >= 4 is 17.9 Å². The summed E-state index contributed by atoms with van der Waals surface area (Å²) in [5.41, 5.74) is 4.01. The SMILES string of the molecule is C=C(C)COc1ccc(/C=C2\N=C(c3ccc(C)cc3)OC2=O)cc1. The van der Waals surface area contributed by atoms with Crippen LogP contribution in [0.3, 0.4) is 0 Å². The molecule has 3 rings (SSSR count). The fourth-order valence-electron chi connectivity index (χ4n) is 2.25. The standard InChI is InChI=1S/C21H19NO3/c1-14(2)13-24-18-10-6-16(7-11-18)12-19-21(23)25-20(22-19)17-8-4-15(3)5-9-17/h4-12H,1,13H2,2-3H3/b19-12-. The highest BCUT2D eigenvalue weighted by atomic mass is 16.6. The number of carbonyl (C=O) groups is 1. The van der Waals surface area contributed by atoms with Crippen molar-refractivity contribution in [2.45, 2.75) is 13.8 Å². The fourth-order valence-corrected chi connectivity index (χ4v) is 2.25. The summed E-state index contributed by atoms with van der Waals surface area (Å²) in [6.07, 6.45) is 1.70. The Bertz CT molecular complexity index is 859. The summed E-state index contributed by atoms with van der Waals surface area (Å²) in [7, 11) is 0. The number of aliphatic imine (C=N–C) groups is 1. The van der Waals surface area contributed by atoms with Gasteiger partial charge in [0, 0.05) is 5.56 Å². The highest BCUT2D eigenvalue weighted by molar-refractivity contribution is 6.12. The van der Waals surface area contributed by atoms with E-state index in [0.29, 0.717) is 12.5 Å². The first-order chi connectivity index (χ1) is 12.0. The Kier molecular flexibility index (Phi) is 4.80. The number of hydrogen-bond acceptors (Lipinski definition) is 4. The van der Waals surface area contributed by atoms with E-state index in [9.17, 15) is 4.79 Å². The molecular formula is C21H19NO3. The summed E-state index contributed by atoms with van der Waals surface area (Å²) in [5.74, 6) is 0.638. The van der Waals surface area contributed by atoms with E-state index >= 15 is 0 Å². The lowest BCUT2D eigenvalue weighted by Crippen LogP contribution is -2.05. The summed E-state index contributed by atoms with van der Waals surface area (Å²) in [5, 5.41) is 0. The number of hydrogen-bond donors (Lipinski definition) is 0. The summed E-state index contributed by atoms with van der Waals surface area (Å²) in [4.78, 5) is 16.3. The lowest BCUT2D eigenvalue weighted by atomic mass is 10.1. The molecule has 0 fully saturated rings. The van der Waals surface area contributed by atoms with Gasteiger partial charge in [-0.1, -0.05) is 36.4 Å². The molecule has 1 heterocycles. The van der Waals surface area contributed by atoms with Gasteiger partial charge >= 0.3 is 5.97 Å². The fraction of sp³-hybridized carbons (Fsp3) is 0.143. The zero-order chi connectivity index (χ0) is 17.8. The van der Waals surface area contributed by atoms with E-state index in [4.69, 9.17) is 9.47 Å². The molecule has 126 valence electrons. The topological polar surface area (TPSA) is 47.9 Å². The molecular weight excluding hydrogens is 314 g/mol. The van der Waals surface area contributed by atoms with Crippen molar-refractivity contribution in [1.29, 1.82) is 0 Å². The molecule has 0 radical (unpaired) electrons. The van der Waals surface area contributed by atoms with Gasteiger partial charge in [0.1, 0.15) is 12.4 Å². The third-order valence-corrected chi connectivity index (χ3v) is 3.59. The molecule has 0 unspecified atom stereocenters. The van der Waals surface area contributed by atoms with Crippen molar-refractivity contribution in [2.75, 3.05) is 6.61 Å². The Morgan fingerprint density at radius 1 is 1.16 bits per heavy atom. The molecule has 4 nitrogen and oxygen atoms in total. The number of esters is 1. The van der Waals surface area contributed by atoms with Crippen molar-refractivity contribution in [3.8, 4) is 5.75 Å². The smallest absolute Gasteiger partial charge is 0.363 e. The maximum Gasteiger partial charge on any atom is 0.363 e. The highest BCUT2D eigenvalue weighted by Crippen LogP contribution is 2.21. The molecule has 1 aliphatic heterocycles. The number of benzene rings is 2. The Labute approximate surface area is 147 Å². The molecule has 1 aliphatic rings. The molecule has 0 aliphatic carbocycles. The van der Waals surface area contributed by atoms with E-state index in [1.165, 1.54) is 0 Å². The molecule has 0 N–H and O–H groups in total. The van der Waals surface area contributed by atoms with E-state index in [1.807, 2.05) is 62.4 Å². The molecule has 0 atom stereocenters. The van der Waals surface area contributed by atoms with Gasteiger partial charge in [0.25, 0.3) is 0 Å². The number of carbonyl (C=O) groups excluding carboxylic acids is 1. The van der Waals surface area contributed by atoms with Crippen LogP contribution in [0.5, 0.6) is 5.75 Å². The van der Waals surface area contributed by atoms with Gasteiger partial charge in [-0.25, -0.2) is 9.79 Å². The molecule has 25 heavy (non-hydrogen) atoms. The third-order valence-electron chi connectivity index (χ3n) is 3.59. The monoisotopic (exact) mass is 333 g/mol. The number of nitrogens with zero attached hydrogens (tertiary/aromatic N) is 1. The molecule has 0 saturated heterocycles. The second-order valence-corrected chi connectivity index (χ2v) is 6.02. The van der Waals surface area contributed by atoms with E-state index < -0.39 is 5.97 Å². The Balaban J connectivity index is 1.77. The van der Waals surface area contributed by atoms with Crippen LogP contribution in [0.2, 0.25) is 0 Å². The van der Waals surface area contributed by atoms with Crippen LogP contribution in [-0.4, -0.2) is 18.5 Å². The Morgan fingerprint density at radius 3 is 2.48 bits per heavy atom. The number of aryl methyl sites for hydroxylation is 1. The lowest BCUT2D eigenvalue weighted by Gasteiger charge is -2.05. The predicted molar refractivity (Wildman–Crippen MR) is 98.5 cm³/mol. The van der Waals surface area contributed by atoms with Gasteiger partial charge in [0.05, 0.1) is 0 Å². The average Bonchev–Trinajstić information content (AvgIpc) is 2.95. The van der Waals surface area contributed by atoms with Crippen LogP contribution >= 0.6 is 0 Å². The first kappa shape index (κ1) is 16.7. The predicted octanol–water partition coefficient (Wildman–Crippen LogP) is 4.29. The van der Waals surface area contributed by atoms with Crippen LogP contribution < -0.4 is 4.74 Å². The van der Waals surface area contributed by atoms with Gasteiger partial charge in [-0.15, -0.1) is 0 Å². The third kappa shape index (κ3) is 4.23. The van der Waals surface area contributed by atoms with Crippen molar-refractivity contribution in [3.63, 3.8) is 0 Å². The van der Waals surface area contributed by atoms with Crippen LogP contribution in [0.4, 0.5) is 0 Å². The molecule has 0 aromatic heterocycles. The lowest BCUT2D eigenvalue weighted by molar-refractivity contribution is -0.129. The Morgan fingerprint density at radius 2 is 1.84 bits per heavy atom. The van der Waals surface area contributed by atoms with Crippen LogP contribution in [0.25, 0.3) is 6.08 Å². The normalized spacial score (nSPS) is 15.0. The molecule has 2 aromatic rings. The van der Waals surface area contributed by atoms with Gasteiger partial charge in [-0.05, 0) is 55.3 Å². The van der Waals surface area contributed by atoms with Gasteiger partial charge in [0.2, 0.25) is 5.90 Å². The summed E-state index contributed by atoms with van der Waals surface area (Å²) >= 11 is 0. The summed E-state index contributed by atoms with van der Waals surface area (Å²) in [6.45, 7) is 8.20. The molecule has 0 amide bonds. The molecule has 4 heteroatoms. The zero-order valence-electron chi connectivity index (χ0n) is 14.3. The number of ether oxygens (including phenoxy) is 2. The minimum atomic E-state index is -0.446. The van der Waals surface area contributed by atoms with Crippen LogP contribution in [0.15, 0.2) is 71.4 Å². The number of cyclic esters (lactones) is 1. The zero-order valence-corrected chi connectivity index (χ0v) is 14.3. The first-order valence-electron chi connectivity index (χ1n) is 7.98. The van der Waals surface area contributed by atoms with Crippen LogP contribution in [-0.2, 0) is 9.53 Å². The van der Waals surface area contributed by atoms with Crippen molar-refractivity contribution in [3.05, 3.63) is 83.1 Å². The summed E-state index contributed by atoms with van der Waals surface area (Å²) in [6, 6.07) is 15.1. The van der Waals surface area contributed by atoms with Gasteiger partial charge in [0.15, 0.2) is 5.70 Å². The maximum atomic E-state index is 12.0. The van der Waals surface area contributed by atoms with Gasteiger partial charge < -0.3 is 9.47 Å². The Hall–Kier alpha value is -3.14. The summed E-state index contributed by atoms with van der Waals surface area (Å²) < 4.78 is 10.8. The van der Waals surface area contributed by atoms with E-state index in [0.717, 1.165) is 28.0 Å². The quantitative estimate of drug-likeness (QED) is 0.466. The maximum absolute atomic E-state index is 12.0. The average molecular weight is 333 g/mol. The second-order valence-electron chi connectivity index (χ2n) is 6.02. The van der Waals surface area contributed by atoms with E-state index in [1.54, 1.807) is 6.08 Å². The minimum Gasteiger partial charge on any atom is -0.489 e. The first-order valence-corrected chi connectivity index (χ1v) is 7.98. The minimum absolute atomic E-state index is 0.283. The highest BCUT2D eigenvalue weighted by Gasteiger charge is 2.23. The van der Waals surface area contributed by atoms with Crippen molar-refractivity contribution in [2.24, 2.45) is 4.99 Å². The largest absolute Gasteiger partial charge is 0.489 e. The van der Waals surface area contributed by atoms with Crippen molar-refractivity contribution < 1.29 is 14.3 Å². The van der Waals surface area contributed by atoms with Crippen LogP contribution in [0, 0.1) is 6.92 Å². The molecule has 0 spiro atoms. The number of rotatable bonds is 5. The molecule has 0 saturated carbocycles. The second kappa shape index (κ2) is 7.18. The van der Waals surface area contributed by atoms with Crippen molar-refractivity contribution in [1.82, 2.24) is 0 Å².